The first-order chi connectivity index (χ1) is 15.7. The van der Waals surface area contributed by atoms with Gasteiger partial charge in [0.2, 0.25) is 5.88 Å². The molecule has 2 aromatic rings. The molecule has 0 radical (unpaired) electrons. The van der Waals surface area contributed by atoms with Crippen LogP contribution in [0.3, 0.4) is 0 Å². The third kappa shape index (κ3) is 5.02. The molecule has 0 saturated heterocycles. The number of allylic oxidation sites excluding steroid dienone is 2. The second kappa shape index (κ2) is 9.01. The van der Waals surface area contributed by atoms with Gasteiger partial charge in [0.25, 0.3) is 0 Å². The van der Waals surface area contributed by atoms with Crippen molar-refractivity contribution in [3.05, 3.63) is 88.5 Å². The summed E-state index contributed by atoms with van der Waals surface area (Å²) in [5.41, 5.74) is 7.43. The van der Waals surface area contributed by atoms with Gasteiger partial charge in [0.05, 0.1) is 5.92 Å². The van der Waals surface area contributed by atoms with Gasteiger partial charge in [-0.05, 0) is 29.7 Å². The smallest absolute Gasteiger partial charge is 0.457 e. The van der Waals surface area contributed by atoms with Crippen LogP contribution in [0.1, 0.15) is 36.3 Å². The Labute approximate surface area is 187 Å². The van der Waals surface area contributed by atoms with Crippen LogP contribution in [0.4, 0.5) is 13.2 Å². The van der Waals surface area contributed by atoms with Gasteiger partial charge in [-0.1, -0.05) is 42.5 Å². The summed E-state index contributed by atoms with van der Waals surface area (Å²) < 4.78 is 52.6. The number of ketones is 1. The lowest BCUT2D eigenvalue weighted by Gasteiger charge is -2.32. The van der Waals surface area contributed by atoms with E-state index in [1.807, 2.05) is 6.07 Å². The molecule has 1 heterocycles. The Hall–Kier alpha value is -3.75. The number of rotatable bonds is 5. The Morgan fingerprint density at radius 1 is 1.06 bits per heavy atom. The third-order valence-corrected chi connectivity index (χ3v) is 5.36. The molecular formula is C24H20F3NO5. The van der Waals surface area contributed by atoms with Crippen LogP contribution < -0.4 is 10.5 Å². The summed E-state index contributed by atoms with van der Waals surface area (Å²) in [5.74, 6) is -2.16. The number of halogens is 3. The predicted octanol–water partition coefficient (Wildman–Crippen LogP) is 4.62. The fraction of sp³-hybridized carbons (Fsp3) is 0.250. The Morgan fingerprint density at radius 2 is 1.76 bits per heavy atom. The summed E-state index contributed by atoms with van der Waals surface area (Å²) in [6.45, 7) is -0.0264. The Bertz CT molecular complexity index is 1120. The average Bonchev–Trinajstić information content (AvgIpc) is 2.77. The monoisotopic (exact) mass is 459 g/mol. The molecule has 2 aliphatic rings. The van der Waals surface area contributed by atoms with E-state index in [0.717, 1.165) is 17.7 Å². The van der Waals surface area contributed by atoms with Gasteiger partial charge in [-0.15, -0.1) is 13.2 Å². The van der Waals surface area contributed by atoms with E-state index in [0.29, 0.717) is 24.2 Å². The molecule has 9 heteroatoms. The fourth-order valence-electron chi connectivity index (χ4n) is 3.95. The molecule has 0 spiro atoms. The molecule has 0 saturated carbocycles. The van der Waals surface area contributed by atoms with E-state index in [-0.39, 0.29) is 35.8 Å². The molecule has 0 amide bonds. The van der Waals surface area contributed by atoms with Gasteiger partial charge in [-0.3, -0.25) is 4.79 Å². The van der Waals surface area contributed by atoms with Crippen molar-refractivity contribution in [3.8, 4) is 5.75 Å². The zero-order chi connectivity index (χ0) is 23.6. The van der Waals surface area contributed by atoms with E-state index in [4.69, 9.17) is 15.2 Å². The normalized spacial score (nSPS) is 18.5. The molecule has 6 nitrogen and oxygen atoms in total. The lowest BCUT2D eigenvalue weighted by molar-refractivity contribution is -0.274. The second-order valence-corrected chi connectivity index (χ2v) is 7.61. The molecule has 0 fully saturated rings. The number of hydrogen-bond donors (Lipinski definition) is 1. The van der Waals surface area contributed by atoms with Crippen LogP contribution >= 0.6 is 0 Å². The molecule has 33 heavy (non-hydrogen) atoms. The zero-order valence-corrected chi connectivity index (χ0v) is 17.4. The van der Waals surface area contributed by atoms with Gasteiger partial charge in [-0.25, -0.2) is 4.79 Å². The fourth-order valence-corrected chi connectivity index (χ4v) is 3.95. The summed E-state index contributed by atoms with van der Waals surface area (Å²) >= 11 is 0. The molecule has 1 atom stereocenters. The number of benzene rings is 2. The summed E-state index contributed by atoms with van der Waals surface area (Å²) in [4.78, 5) is 25.8. The van der Waals surface area contributed by atoms with Crippen molar-refractivity contribution in [2.45, 2.75) is 38.1 Å². The highest BCUT2D eigenvalue weighted by Gasteiger charge is 2.41. The Balaban J connectivity index is 1.68. The quantitative estimate of drug-likeness (QED) is 0.657. The number of ether oxygens (including phenoxy) is 3. The van der Waals surface area contributed by atoms with Crippen molar-refractivity contribution in [1.82, 2.24) is 0 Å². The number of carbonyl (C=O) groups excluding carboxylic acids is 2. The van der Waals surface area contributed by atoms with Crippen molar-refractivity contribution in [2.75, 3.05) is 0 Å². The number of esters is 1. The van der Waals surface area contributed by atoms with Crippen molar-refractivity contribution >= 4 is 11.8 Å². The average molecular weight is 459 g/mol. The van der Waals surface area contributed by atoms with E-state index < -0.39 is 24.0 Å². The van der Waals surface area contributed by atoms with Crippen LogP contribution in [0.5, 0.6) is 5.75 Å². The maximum Gasteiger partial charge on any atom is 0.573 e. The van der Waals surface area contributed by atoms with Gasteiger partial charge in [0.1, 0.15) is 23.7 Å². The first-order valence-electron chi connectivity index (χ1n) is 10.2. The van der Waals surface area contributed by atoms with E-state index >= 15 is 0 Å². The first kappa shape index (κ1) is 22.4. The van der Waals surface area contributed by atoms with Gasteiger partial charge >= 0.3 is 12.3 Å². The third-order valence-electron chi connectivity index (χ3n) is 5.36. The van der Waals surface area contributed by atoms with Crippen molar-refractivity contribution in [2.24, 2.45) is 5.73 Å². The van der Waals surface area contributed by atoms with Crippen LogP contribution in [0.2, 0.25) is 0 Å². The highest BCUT2D eigenvalue weighted by atomic mass is 19.4. The first-order valence-corrected chi connectivity index (χ1v) is 10.2. The maximum absolute atomic E-state index is 13.1. The number of hydrogen-bond acceptors (Lipinski definition) is 6. The van der Waals surface area contributed by atoms with Crippen molar-refractivity contribution in [3.63, 3.8) is 0 Å². The number of nitrogens with two attached hydrogens (primary N) is 1. The maximum atomic E-state index is 13.1. The summed E-state index contributed by atoms with van der Waals surface area (Å²) in [7, 11) is 0. The van der Waals surface area contributed by atoms with E-state index in [1.165, 1.54) is 12.1 Å². The Morgan fingerprint density at radius 3 is 2.42 bits per heavy atom. The molecular weight excluding hydrogens is 439 g/mol. The van der Waals surface area contributed by atoms with Crippen LogP contribution in [0.25, 0.3) is 0 Å². The summed E-state index contributed by atoms with van der Waals surface area (Å²) in [5, 5.41) is 0. The van der Waals surface area contributed by atoms with Crippen LogP contribution in [0, 0.1) is 0 Å². The second-order valence-electron chi connectivity index (χ2n) is 7.61. The minimum absolute atomic E-state index is 0.0264. The van der Waals surface area contributed by atoms with Crippen LogP contribution in [-0.4, -0.2) is 18.1 Å². The molecule has 0 aromatic heterocycles. The topological polar surface area (TPSA) is 87.9 Å². The van der Waals surface area contributed by atoms with Crippen LogP contribution in [-0.2, 0) is 25.7 Å². The molecule has 4 rings (SSSR count). The van der Waals surface area contributed by atoms with Gasteiger partial charge in [-0.2, -0.15) is 0 Å². The zero-order valence-electron chi connectivity index (χ0n) is 17.4. The summed E-state index contributed by atoms with van der Waals surface area (Å²) in [6, 6.07) is 13.9. The highest BCUT2D eigenvalue weighted by molar-refractivity contribution is 6.03. The summed E-state index contributed by atoms with van der Waals surface area (Å²) in [6.07, 6.45) is -3.55. The minimum atomic E-state index is -4.84. The minimum Gasteiger partial charge on any atom is -0.457 e. The largest absolute Gasteiger partial charge is 0.573 e. The molecule has 0 unspecified atom stereocenters. The predicted molar refractivity (Wildman–Crippen MR) is 110 cm³/mol. The number of Topliss-reactive ketones (excluding diaryl/α,β-unsaturated/α-hetero) is 1. The van der Waals surface area contributed by atoms with Gasteiger partial charge < -0.3 is 19.9 Å². The molecule has 2 aromatic carbocycles. The van der Waals surface area contributed by atoms with Crippen molar-refractivity contribution in [1.29, 1.82) is 0 Å². The Kier molecular flexibility index (Phi) is 6.13. The lowest BCUT2D eigenvalue weighted by atomic mass is 9.77. The van der Waals surface area contributed by atoms with Crippen molar-refractivity contribution < 1.29 is 37.0 Å². The van der Waals surface area contributed by atoms with E-state index in [1.54, 1.807) is 24.3 Å². The molecule has 2 N–H and O–H groups in total. The van der Waals surface area contributed by atoms with Gasteiger partial charge in [0.15, 0.2) is 5.78 Å². The van der Waals surface area contributed by atoms with Crippen LogP contribution in [0.15, 0.2) is 77.4 Å². The SMILES string of the molecule is NC1=C(C(=O)OCc2ccccc2)[C@H](c2ccc(OC(F)(F)F)cc2)C2=C(CCCC2=O)O1. The number of alkyl halides is 3. The van der Waals surface area contributed by atoms with E-state index in [9.17, 15) is 22.8 Å². The lowest BCUT2D eigenvalue weighted by Crippen LogP contribution is -2.31. The standard InChI is InChI=1S/C24H20F3NO5/c25-24(26,27)33-16-11-9-15(10-12-16)19-20-17(29)7-4-8-18(20)32-22(28)21(19)23(30)31-13-14-5-2-1-3-6-14/h1-3,5-6,9-12,19H,4,7-8,13,28H2/t19-/m1/s1. The molecule has 172 valence electrons. The highest BCUT2D eigenvalue weighted by Crippen LogP contribution is 2.44. The van der Waals surface area contributed by atoms with E-state index in [2.05, 4.69) is 4.74 Å². The molecule has 1 aliphatic carbocycles. The number of carbonyl (C=O) groups is 2. The molecule has 1 aliphatic heterocycles. The van der Waals surface area contributed by atoms with Gasteiger partial charge in [0, 0.05) is 18.4 Å². The molecule has 0 bridgehead atoms.